The minimum atomic E-state index is -0.296. The Morgan fingerprint density at radius 2 is 2.29 bits per heavy atom. The molecule has 112 valence electrons. The highest BCUT2D eigenvalue weighted by Crippen LogP contribution is 2.55. The van der Waals surface area contributed by atoms with E-state index in [-0.39, 0.29) is 17.8 Å². The minimum Gasteiger partial charge on any atom is -0.493 e. The number of likely N-dealkylation sites (N-methyl/N-ethyl adjacent to an activating group) is 1. The van der Waals surface area contributed by atoms with Crippen LogP contribution in [0.2, 0.25) is 0 Å². The molecule has 0 radical (unpaired) electrons. The van der Waals surface area contributed by atoms with Crippen LogP contribution >= 0.6 is 0 Å². The lowest BCUT2D eigenvalue weighted by molar-refractivity contribution is -0.129. The van der Waals surface area contributed by atoms with Crippen LogP contribution in [0.1, 0.15) is 36.8 Å². The van der Waals surface area contributed by atoms with Gasteiger partial charge in [0, 0.05) is 23.9 Å². The highest BCUT2D eigenvalue weighted by atomic mass is 16.5. The Morgan fingerprint density at radius 3 is 3.05 bits per heavy atom. The lowest BCUT2D eigenvalue weighted by atomic mass is 9.65. The molecule has 4 unspecified atom stereocenters. The molecule has 0 amide bonds. The number of rotatable bonds is 3. The predicted octanol–water partition coefficient (Wildman–Crippen LogP) is 2.05. The fraction of sp³-hybridized carbons (Fsp3) is 0.588. The van der Waals surface area contributed by atoms with Gasteiger partial charge in [-0.15, -0.1) is 0 Å². The first-order valence-corrected chi connectivity index (χ1v) is 7.87. The highest BCUT2D eigenvalue weighted by Gasteiger charge is 2.52. The van der Waals surface area contributed by atoms with E-state index in [1.165, 1.54) is 11.1 Å². The van der Waals surface area contributed by atoms with Crippen LogP contribution in [0.25, 0.3) is 0 Å². The number of hydrogen-bond acceptors (Lipinski definition) is 4. The number of carbonyl (C=O) groups excluding carboxylic acids is 1. The summed E-state index contributed by atoms with van der Waals surface area (Å²) in [5.41, 5.74) is 2.56. The average Bonchev–Trinajstić information content (AvgIpc) is 2.90. The minimum absolute atomic E-state index is 0.212. The summed E-state index contributed by atoms with van der Waals surface area (Å²) in [5, 5.41) is 3.61. The molecule has 1 fully saturated rings. The number of benzene rings is 1. The molecule has 1 aromatic rings. The summed E-state index contributed by atoms with van der Waals surface area (Å²) >= 11 is 0. The van der Waals surface area contributed by atoms with Crippen LogP contribution in [0, 0.1) is 5.92 Å². The van der Waals surface area contributed by atoms with Gasteiger partial charge in [0.1, 0.15) is 0 Å². The predicted molar refractivity (Wildman–Crippen MR) is 79.1 cm³/mol. The van der Waals surface area contributed by atoms with Gasteiger partial charge in [-0.05, 0) is 36.9 Å². The van der Waals surface area contributed by atoms with Crippen molar-refractivity contribution in [1.29, 1.82) is 0 Å². The second-order valence-corrected chi connectivity index (χ2v) is 6.27. The van der Waals surface area contributed by atoms with E-state index in [0.29, 0.717) is 18.4 Å². The molecular formula is C17H21NO3. The average molecular weight is 287 g/mol. The van der Waals surface area contributed by atoms with Crippen LogP contribution in [0.3, 0.4) is 0 Å². The Balaban J connectivity index is 1.85. The van der Waals surface area contributed by atoms with Crippen molar-refractivity contribution >= 4 is 5.78 Å². The van der Waals surface area contributed by atoms with Gasteiger partial charge in [0.05, 0.1) is 7.11 Å². The van der Waals surface area contributed by atoms with Gasteiger partial charge < -0.3 is 14.8 Å². The molecular weight excluding hydrogens is 266 g/mol. The fourth-order valence-electron chi connectivity index (χ4n) is 4.46. The molecule has 0 aromatic heterocycles. The van der Waals surface area contributed by atoms with Crippen molar-refractivity contribution in [3.05, 3.63) is 23.3 Å². The standard InChI is InChI=1S/C17H21NO3/c1-3-18-11-8-9-4-7-13(20-2)17-14(9)15-10(11)5-6-12(19)16(15)21-17/h4,7,10-11,15-16,18H,3,5-6,8H2,1-2H3. The molecule has 4 atom stereocenters. The van der Waals surface area contributed by atoms with Gasteiger partial charge in [-0.1, -0.05) is 13.0 Å². The Morgan fingerprint density at radius 1 is 1.43 bits per heavy atom. The van der Waals surface area contributed by atoms with Crippen LogP contribution in [-0.4, -0.2) is 31.6 Å². The first-order valence-electron chi connectivity index (χ1n) is 7.87. The normalized spacial score (nSPS) is 32.6. The Labute approximate surface area is 124 Å². The van der Waals surface area contributed by atoms with E-state index >= 15 is 0 Å². The third kappa shape index (κ3) is 1.75. The zero-order valence-corrected chi connectivity index (χ0v) is 12.5. The van der Waals surface area contributed by atoms with E-state index in [1.54, 1.807) is 7.11 Å². The highest BCUT2D eigenvalue weighted by molar-refractivity contribution is 5.87. The maximum atomic E-state index is 12.3. The summed E-state index contributed by atoms with van der Waals surface area (Å²) < 4.78 is 11.5. The summed E-state index contributed by atoms with van der Waals surface area (Å²) in [7, 11) is 1.66. The summed E-state index contributed by atoms with van der Waals surface area (Å²) in [4.78, 5) is 12.3. The van der Waals surface area contributed by atoms with Crippen molar-refractivity contribution in [3.63, 3.8) is 0 Å². The maximum Gasteiger partial charge on any atom is 0.173 e. The van der Waals surface area contributed by atoms with Crippen molar-refractivity contribution in [3.8, 4) is 11.5 Å². The Bertz CT molecular complexity index is 598. The SMILES string of the molecule is CCNC1Cc2ccc(OC)c3c2C2C(O3)C(=O)CCC12. The third-order valence-corrected chi connectivity index (χ3v) is 5.30. The molecule has 4 rings (SSSR count). The maximum absolute atomic E-state index is 12.3. The fourth-order valence-corrected chi connectivity index (χ4v) is 4.46. The third-order valence-electron chi connectivity index (χ3n) is 5.30. The number of Topliss-reactive ketones (excluding diaryl/α,β-unsaturated/α-hetero) is 1. The summed E-state index contributed by atoms with van der Waals surface area (Å²) in [6.07, 6.45) is 2.33. The smallest absolute Gasteiger partial charge is 0.173 e. The number of methoxy groups -OCH3 is 1. The van der Waals surface area contributed by atoms with Crippen molar-refractivity contribution < 1.29 is 14.3 Å². The monoisotopic (exact) mass is 287 g/mol. The molecule has 4 heteroatoms. The van der Waals surface area contributed by atoms with Crippen LogP contribution in [-0.2, 0) is 11.2 Å². The Kier molecular flexibility index (Phi) is 2.96. The van der Waals surface area contributed by atoms with E-state index in [4.69, 9.17) is 9.47 Å². The number of carbonyl (C=O) groups is 1. The zero-order valence-electron chi connectivity index (χ0n) is 12.5. The molecule has 0 spiro atoms. The van der Waals surface area contributed by atoms with Crippen LogP contribution in [0.15, 0.2) is 12.1 Å². The van der Waals surface area contributed by atoms with Gasteiger partial charge >= 0.3 is 0 Å². The largest absolute Gasteiger partial charge is 0.493 e. The van der Waals surface area contributed by atoms with Crippen molar-refractivity contribution in [2.24, 2.45) is 5.92 Å². The van der Waals surface area contributed by atoms with Gasteiger partial charge in [-0.2, -0.15) is 0 Å². The van der Waals surface area contributed by atoms with Crippen LogP contribution < -0.4 is 14.8 Å². The summed E-state index contributed by atoms with van der Waals surface area (Å²) in [5.74, 6) is 2.53. The first-order chi connectivity index (χ1) is 10.2. The van der Waals surface area contributed by atoms with E-state index in [1.807, 2.05) is 6.07 Å². The van der Waals surface area contributed by atoms with Crippen molar-refractivity contribution in [1.82, 2.24) is 5.32 Å². The van der Waals surface area contributed by atoms with Crippen molar-refractivity contribution in [2.45, 2.75) is 44.2 Å². The van der Waals surface area contributed by atoms with E-state index in [0.717, 1.165) is 30.9 Å². The molecule has 1 aliphatic heterocycles. The first kappa shape index (κ1) is 13.1. The molecule has 1 aromatic carbocycles. The Hall–Kier alpha value is -1.55. The van der Waals surface area contributed by atoms with Crippen LogP contribution in [0.4, 0.5) is 0 Å². The zero-order chi connectivity index (χ0) is 14.6. The van der Waals surface area contributed by atoms with Gasteiger partial charge in [0.25, 0.3) is 0 Å². The second kappa shape index (κ2) is 4.73. The molecule has 0 bridgehead atoms. The number of ether oxygens (including phenoxy) is 2. The lowest BCUT2D eigenvalue weighted by Gasteiger charge is -2.41. The van der Waals surface area contributed by atoms with Crippen LogP contribution in [0.5, 0.6) is 11.5 Å². The molecule has 1 N–H and O–H groups in total. The molecule has 1 heterocycles. The summed E-state index contributed by atoms with van der Waals surface area (Å²) in [6, 6.07) is 4.56. The molecule has 2 aliphatic carbocycles. The van der Waals surface area contributed by atoms with Gasteiger partial charge in [0.15, 0.2) is 23.4 Å². The molecule has 0 saturated heterocycles. The van der Waals surface area contributed by atoms with E-state index in [9.17, 15) is 4.79 Å². The molecule has 3 aliphatic rings. The van der Waals surface area contributed by atoms with Gasteiger partial charge in [-0.3, -0.25) is 4.79 Å². The van der Waals surface area contributed by atoms with E-state index in [2.05, 4.69) is 18.3 Å². The summed E-state index contributed by atoms with van der Waals surface area (Å²) in [6.45, 7) is 3.11. The second-order valence-electron chi connectivity index (χ2n) is 6.27. The van der Waals surface area contributed by atoms with Gasteiger partial charge in [0.2, 0.25) is 0 Å². The molecule has 21 heavy (non-hydrogen) atoms. The van der Waals surface area contributed by atoms with E-state index < -0.39 is 0 Å². The number of nitrogens with one attached hydrogen (secondary N) is 1. The van der Waals surface area contributed by atoms with Gasteiger partial charge in [-0.25, -0.2) is 0 Å². The number of ketones is 1. The lowest BCUT2D eigenvalue weighted by Crippen LogP contribution is -2.50. The van der Waals surface area contributed by atoms with Crippen molar-refractivity contribution in [2.75, 3.05) is 13.7 Å². The molecule has 4 nitrogen and oxygen atoms in total. The topological polar surface area (TPSA) is 47.6 Å². The number of hydrogen-bond donors (Lipinski definition) is 1. The molecule has 1 saturated carbocycles. The quantitative estimate of drug-likeness (QED) is 0.924.